The fraction of sp³-hybridized carbons (Fsp3) is 0.667. The third-order valence-corrected chi connectivity index (χ3v) is 2.39. The average molecular weight is 217 g/mol. The van der Waals surface area contributed by atoms with Crippen LogP contribution < -0.4 is 5.32 Å². The third kappa shape index (κ3) is 2.65. The van der Waals surface area contributed by atoms with Gasteiger partial charge >= 0.3 is 6.55 Å². The fourth-order valence-electron chi connectivity index (χ4n) is 1.60. The Morgan fingerprint density at radius 1 is 1.47 bits per heavy atom. The molecule has 0 aromatic carbocycles. The van der Waals surface area contributed by atoms with Crippen molar-refractivity contribution in [2.75, 3.05) is 18.5 Å². The summed E-state index contributed by atoms with van der Waals surface area (Å²) in [5, 5.41) is 6.71. The van der Waals surface area contributed by atoms with Crippen molar-refractivity contribution in [1.29, 1.82) is 0 Å². The lowest BCUT2D eigenvalue weighted by Crippen LogP contribution is -2.27. The molecule has 1 aliphatic rings. The SMILES string of the molecule is FC(F)n1cc(NC2CCOCC2)cn1. The second-order valence-electron chi connectivity index (χ2n) is 3.52. The summed E-state index contributed by atoms with van der Waals surface area (Å²) in [5.41, 5.74) is 0.641. The van der Waals surface area contributed by atoms with Crippen LogP contribution in [0, 0.1) is 0 Å². The van der Waals surface area contributed by atoms with Gasteiger partial charge in [0.1, 0.15) is 0 Å². The van der Waals surface area contributed by atoms with Gasteiger partial charge in [0.05, 0.1) is 18.1 Å². The molecule has 0 atom stereocenters. The van der Waals surface area contributed by atoms with Gasteiger partial charge in [0, 0.05) is 19.3 Å². The van der Waals surface area contributed by atoms with Gasteiger partial charge < -0.3 is 10.1 Å². The fourth-order valence-corrected chi connectivity index (χ4v) is 1.60. The van der Waals surface area contributed by atoms with Gasteiger partial charge in [-0.05, 0) is 12.8 Å². The number of rotatable bonds is 3. The third-order valence-electron chi connectivity index (χ3n) is 2.39. The molecule has 2 heterocycles. The molecule has 0 unspecified atom stereocenters. The Hall–Kier alpha value is -1.17. The molecule has 6 heteroatoms. The Morgan fingerprint density at radius 3 is 2.80 bits per heavy atom. The first-order chi connectivity index (χ1) is 7.25. The van der Waals surface area contributed by atoms with Crippen molar-refractivity contribution in [2.45, 2.75) is 25.4 Å². The minimum absolute atomic E-state index is 0.300. The van der Waals surface area contributed by atoms with Crippen LogP contribution in [0.5, 0.6) is 0 Å². The molecular formula is C9H13F2N3O. The summed E-state index contributed by atoms with van der Waals surface area (Å²) in [6, 6.07) is 0.300. The lowest BCUT2D eigenvalue weighted by atomic mass is 10.1. The molecule has 1 aromatic heterocycles. The van der Waals surface area contributed by atoms with Crippen LogP contribution >= 0.6 is 0 Å². The molecule has 0 amide bonds. The summed E-state index contributed by atoms with van der Waals surface area (Å²) in [6.07, 6.45) is 4.54. The number of nitrogens with one attached hydrogen (secondary N) is 1. The van der Waals surface area contributed by atoms with E-state index in [0.29, 0.717) is 16.4 Å². The number of nitrogens with zero attached hydrogens (tertiary/aromatic N) is 2. The van der Waals surface area contributed by atoms with E-state index < -0.39 is 6.55 Å². The van der Waals surface area contributed by atoms with Crippen molar-refractivity contribution in [3.05, 3.63) is 12.4 Å². The van der Waals surface area contributed by atoms with E-state index >= 15 is 0 Å². The quantitative estimate of drug-likeness (QED) is 0.840. The summed E-state index contributed by atoms with van der Waals surface area (Å²) >= 11 is 0. The van der Waals surface area contributed by atoms with Gasteiger partial charge in [-0.2, -0.15) is 13.9 Å². The lowest BCUT2D eigenvalue weighted by molar-refractivity contribution is 0.0566. The summed E-state index contributed by atoms with van der Waals surface area (Å²) in [6.45, 7) is -1.13. The standard InChI is InChI=1S/C9H13F2N3O/c10-9(11)14-6-8(5-12-14)13-7-1-3-15-4-2-7/h5-7,9,13H,1-4H2. The first kappa shape index (κ1) is 10.4. The van der Waals surface area contributed by atoms with Crippen molar-refractivity contribution in [3.63, 3.8) is 0 Å². The molecule has 0 radical (unpaired) electrons. The van der Waals surface area contributed by atoms with Crippen LogP contribution in [-0.4, -0.2) is 29.0 Å². The van der Waals surface area contributed by atoms with Crippen LogP contribution in [0.4, 0.5) is 14.5 Å². The predicted molar refractivity (Wildman–Crippen MR) is 50.9 cm³/mol. The van der Waals surface area contributed by atoms with E-state index in [4.69, 9.17) is 4.74 Å². The molecule has 1 saturated heterocycles. The smallest absolute Gasteiger partial charge is 0.333 e. The maximum atomic E-state index is 12.2. The normalized spacial score (nSPS) is 18.3. The van der Waals surface area contributed by atoms with E-state index in [1.165, 1.54) is 12.4 Å². The molecule has 0 spiro atoms. The number of anilines is 1. The zero-order chi connectivity index (χ0) is 10.7. The Labute approximate surface area is 86.2 Å². The van der Waals surface area contributed by atoms with E-state index in [2.05, 4.69) is 10.4 Å². The molecular weight excluding hydrogens is 204 g/mol. The minimum Gasteiger partial charge on any atom is -0.381 e. The molecule has 2 rings (SSSR count). The van der Waals surface area contributed by atoms with Crippen molar-refractivity contribution in [2.24, 2.45) is 0 Å². The van der Waals surface area contributed by atoms with Crippen LogP contribution in [0.3, 0.4) is 0 Å². The van der Waals surface area contributed by atoms with E-state index in [1.54, 1.807) is 0 Å². The van der Waals surface area contributed by atoms with E-state index in [0.717, 1.165) is 26.1 Å². The molecule has 15 heavy (non-hydrogen) atoms. The first-order valence-electron chi connectivity index (χ1n) is 4.92. The Bertz CT molecular complexity index is 310. The highest BCUT2D eigenvalue weighted by Crippen LogP contribution is 2.16. The van der Waals surface area contributed by atoms with Crippen molar-refractivity contribution >= 4 is 5.69 Å². The highest BCUT2D eigenvalue weighted by Gasteiger charge is 2.14. The Balaban J connectivity index is 1.91. The van der Waals surface area contributed by atoms with Gasteiger partial charge in [0.15, 0.2) is 0 Å². The minimum atomic E-state index is -2.57. The second kappa shape index (κ2) is 4.57. The molecule has 4 nitrogen and oxygen atoms in total. The molecule has 1 N–H and O–H groups in total. The second-order valence-corrected chi connectivity index (χ2v) is 3.52. The number of alkyl halides is 2. The number of hydrogen-bond donors (Lipinski definition) is 1. The predicted octanol–water partition coefficient (Wildman–Crippen LogP) is 1.87. The number of ether oxygens (including phenoxy) is 1. The monoisotopic (exact) mass is 217 g/mol. The van der Waals surface area contributed by atoms with E-state index in [-0.39, 0.29) is 0 Å². The van der Waals surface area contributed by atoms with Crippen LogP contribution in [0.2, 0.25) is 0 Å². The zero-order valence-corrected chi connectivity index (χ0v) is 8.20. The van der Waals surface area contributed by atoms with Gasteiger partial charge in [-0.15, -0.1) is 0 Å². The Kier molecular flexibility index (Phi) is 3.15. The largest absolute Gasteiger partial charge is 0.381 e. The molecule has 1 aliphatic heterocycles. The maximum Gasteiger partial charge on any atom is 0.333 e. The van der Waals surface area contributed by atoms with Crippen LogP contribution in [0.1, 0.15) is 19.4 Å². The van der Waals surface area contributed by atoms with Crippen molar-refractivity contribution in [3.8, 4) is 0 Å². The average Bonchev–Trinajstić information content (AvgIpc) is 2.68. The lowest BCUT2D eigenvalue weighted by Gasteiger charge is -2.23. The maximum absolute atomic E-state index is 12.2. The zero-order valence-electron chi connectivity index (χ0n) is 8.20. The van der Waals surface area contributed by atoms with Crippen molar-refractivity contribution < 1.29 is 13.5 Å². The van der Waals surface area contributed by atoms with Crippen LogP contribution in [-0.2, 0) is 4.74 Å². The molecule has 0 saturated carbocycles. The molecule has 84 valence electrons. The van der Waals surface area contributed by atoms with Crippen LogP contribution in [0.15, 0.2) is 12.4 Å². The highest BCUT2D eigenvalue weighted by atomic mass is 19.3. The number of halogens is 2. The summed E-state index contributed by atoms with van der Waals surface area (Å²) in [4.78, 5) is 0. The summed E-state index contributed by atoms with van der Waals surface area (Å²) < 4.78 is 30.3. The van der Waals surface area contributed by atoms with E-state index in [1.807, 2.05) is 0 Å². The van der Waals surface area contributed by atoms with E-state index in [9.17, 15) is 8.78 Å². The summed E-state index contributed by atoms with van der Waals surface area (Å²) in [7, 11) is 0. The van der Waals surface area contributed by atoms with Crippen LogP contribution in [0.25, 0.3) is 0 Å². The summed E-state index contributed by atoms with van der Waals surface area (Å²) in [5.74, 6) is 0. The van der Waals surface area contributed by atoms with Crippen molar-refractivity contribution in [1.82, 2.24) is 9.78 Å². The van der Waals surface area contributed by atoms with Gasteiger partial charge in [-0.25, -0.2) is 4.68 Å². The first-order valence-corrected chi connectivity index (χ1v) is 4.92. The van der Waals surface area contributed by atoms with Gasteiger partial charge in [0.2, 0.25) is 0 Å². The van der Waals surface area contributed by atoms with Gasteiger partial charge in [0.25, 0.3) is 0 Å². The highest BCUT2D eigenvalue weighted by molar-refractivity contribution is 5.39. The molecule has 0 bridgehead atoms. The van der Waals surface area contributed by atoms with Gasteiger partial charge in [-0.3, -0.25) is 0 Å². The topological polar surface area (TPSA) is 39.1 Å². The Morgan fingerprint density at radius 2 is 2.20 bits per heavy atom. The number of hydrogen-bond acceptors (Lipinski definition) is 3. The molecule has 0 aliphatic carbocycles. The van der Waals surface area contributed by atoms with Gasteiger partial charge in [-0.1, -0.05) is 0 Å². The molecule has 1 aromatic rings. The molecule has 1 fully saturated rings. The number of aromatic nitrogens is 2.